The van der Waals surface area contributed by atoms with Crippen LogP contribution in [0.25, 0.3) is 0 Å². The van der Waals surface area contributed by atoms with Gasteiger partial charge in [0.1, 0.15) is 11.5 Å². The van der Waals surface area contributed by atoms with Crippen molar-refractivity contribution in [2.24, 2.45) is 0 Å². The van der Waals surface area contributed by atoms with Gasteiger partial charge in [0.15, 0.2) is 0 Å². The van der Waals surface area contributed by atoms with Crippen molar-refractivity contribution in [2.75, 3.05) is 27.3 Å². The summed E-state index contributed by atoms with van der Waals surface area (Å²) >= 11 is 0. The number of nitrogens with zero attached hydrogens (tertiary/aromatic N) is 2. The highest BCUT2D eigenvalue weighted by atomic mass is 16.5. The van der Waals surface area contributed by atoms with Gasteiger partial charge in [-0.2, -0.15) is 0 Å². The van der Waals surface area contributed by atoms with Crippen LogP contribution in [0, 0.1) is 6.92 Å². The number of hydrogen-bond donors (Lipinski definition) is 1. The lowest BCUT2D eigenvalue weighted by molar-refractivity contribution is -0.0282. The monoisotopic (exact) mass is 342 g/mol. The van der Waals surface area contributed by atoms with Gasteiger partial charge in [-0.05, 0) is 49.1 Å². The van der Waals surface area contributed by atoms with E-state index >= 15 is 0 Å². The molecule has 134 valence electrons. The maximum atomic E-state index is 11.2. The Balaban J connectivity index is 1.71. The topological polar surface area (TPSA) is 54.8 Å². The molecule has 1 N–H and O–H groups in total. The number of aliphatic hydroxyl groups is 1. The molecule has 1 aliphatic heterocycles. The van der Waals surface area contributed by atoms with Crippen molar-refractivity contribution in [1.29, 1.82) is 0 Å². The van der Waals surface area contributed by atoms with Gasteiger partial charge < -0.3 is 14.6 Å². The summed E-state index contributed by atoms with van der Waals surface area (Å²) in [6.45, 7) is 4.56. The first-order chi connectivity index (χ1) is 12.0. The predicted octanol–water partition coefficient (Wildman–Crippen LogP) is 2.89. The molecule has 25 heavy (non-hydrogen) atoms. The minimum absolute atomic E-state index is 0.676. The van der Waals surface area contributed by atoms with E-state index in [-0.39, 0.29) is 0 Å². The van der Waals surface area contributed by atoms with Crippen LogP contribution in [0.1, 0.15) is 29.7 Å². The number of benzene rings is 1. The quantitative estimate of drug-likeness (QED) is 0.905. The van der Waals surface area contributed by atoms with E-state index in [4.69, 9.17) is 9.47 Å². The lowest BCUT2D eigenvalue weighted by Crippen LogP contribution is -2.42. The molecular formula is C20H26N2O3. The highest BCUT2D eigenvalue weighted by Gasteiger charge is 2.34. The molecule has 0 radical (unpaired) electrons. The molecule has 1 aliphatic rings. The van der Waals surface area contributed by atoms with E-state index in [2.05, 4.69) is 22.9 Å². The summed E-state index contributed by atoms with van der Waals surface area (Å²) in [5.41, 5.74) is 2.33. The maximum Gasteiger partial charge on any atom is 0.122 e. The summed E-state index contributed by atoms with van der Waals surface area (Å²) in [6, 6.07) is 9.68. The van der Waals surface area contributed by atoms with Crippen LogP contribution in [-0.4, -0.2) is 42.3 Å². The maximum absolute atomic E-state index is 11.2. The van der Waals surface area contributed by atoms with E-state index in [0.29, 0.717) is 24.3 Å². The lowest BCUT2D eigenvalue weighted by atomic mass is 9.84. The highest BCUT2D eigenvalue weighted by Crippen LogP contribution is 2.37. The number of aryl methyl sites for hydroxylation is 1. The summed E-state index contributed by atoms with van der Waals surface area (Å²) in [4.78, 5) is 6.82. The fourth-order valence-corrected chi connectivity index (χ4v) is 3.34. The highest BCUT2D eigenvalue weighted by molar-refractivity contribution is 5.41. The Labute approximate surface area is 149 Å². The normalized spacial score (nSPS) is 17.3. The van der Waals surface area contributed by atoms with Crippen LogP contribution >= 0.6 is 0 Å². The number of aromatic nitrogens is 1. The van der Waals surface area contributed by atoms with Crippen LogP contribution in [0.5, 0.6) is 11.5 Å². The fraction of sp³-hybridized carbons (Fsp3) is 0.450. The molecule has 1 aromatic carbocycles. The molecule has 1 fully saturated rings. The molecule has 1 aromatic heterocycles. The second kappa shape index (κ2) is 7.42. The molecule has 0 aliphatic carbocycles. The number of likely N-dealkylation sites (tertiary alicyclic amines) is 1. The van der Waals surface area contributed by atoms with Gasteiger partial charge in [-0.1, -0.05) is 6.07 Å². The molecule has 0 amide bonds. The Morgan fingerprint density at radius 3 is 2.32 bits per heavy atom. The summed E-state index contributed by atoms with van der Waals surface area (Å²) in [5.74, 6) is 1.41. The average Bonchev–Trinajstić information content (AvgIpc) is 2.65. The van der Waals surface area contributed by atoms with E-state index < -0.39 is 5.60 Å². The van der Waals surface area contributed by atoms with Gasteiger partial charge in [0.25, 0.3) is 0 Å². The predicted molar refractivity (Wildman–Crippen MR) is 96.9 cm³/mol. The first kappa shape index (κ1) is 17.7. The number of ether oxygens (including phenoxy) is 2. The fourth-order valence-electron chi connectivity index (χ4n) is 3.34. The second-order valence-corrected chi connectivity index (χ2v) is 6.68. The molecular weight excluding hydrogens is 316 g/mol. The number of pyridine rings is 1. The first-order valence-corrected chi connectivity index (χ1v) is 8.63. The standard InChI is InChI=1S/C20H26N2O3/c1-15-5-4-8-21-19(15)14-22-9-6-20(23,7-10-22)16-11-17(24-2)13-18(12-16)25-3/h4-5,8,11-13,23H,6-7,9-10,14H2,1-3H3. The van der Waals surface area contributed by atoms with Crippen molar-refractivity contribution in [2.45, 2.75) is 31.9 Å². The van der Waals surface area contributed by atoms with Crippen molar-refractivity contribution in [1.82, 2.24) is 9.88 Å². The summed E-state index contributed by atoms with van der Waals surface area (Å²) in [5, 5.41) is 11.2. The first-order valence-electron chi connectivity index (χ1n) is 8.63. The van der Waals surface area contributed by atoms with Crippen LogP contribution in [0.4, 0.5) is 0 Å². The molecule has 1 saturated heterocycles. The number of rotatable bonds is 5. The Bertz CT molecular complexity index is 702. The van der Waals surface area contributed by atoms with Crippen molar-refractivity contribution < 1.29 is 14.6 Å². The van der Waals surface area contributed by atoms with Crippen LogP contribution in [0.2, 0.25) is 0 Å². The van der Waals surface area contributed by atoms with Gasteiger partial charge in [-0.3, -0.25) is 9.88 Å². The molecule has 0 spiro atoms. The van der Waals surface area contributed by atoms with Gasteiger partial charge in [0.2, 0.25) is 0 Å². The molecule has 0 unspecified atom stereocenters. The third-order valence-corrected chi connectivity index (χ3v) is 5.06. The van der Waals surface area contributed by atoms with E-state index in [9.17, 15) is 5.11 Å². The van der Waals surface area contributed by atoms with E-state index in [1.165, 1.54) is 5.56 Å². The smallest absolute Gasteiger partial charge is 0.122 e. The summed E-state index contributed by atoms with van der Waals surface area (Å²) < 4.78 is 10.7. The van der Waals surface area contributed by atoms with E-state index in [1.54, 1.807) is 14.2 Å². The molecule has 5 heteroatoms. The van der Waals surface area contributed by atoms with Gasteiger partial charge in [0, 0.05) is 31.9 Å². The van der Waals surface area contributed by atoms with Crippen molar-refractivity contribution in [3.8, 4) is 11.5 Å². The van der Waals surface area contributed by atoms with Gasteiger partial charge in [0.05, 0.1) is 25.5 Å². The molecule has 5 nitrogen and oxygen atoms in total. The molecule has 2 heterocycles. The Hall–Kier alpha value is -2.11. The van der Waals surface area contributed by atoms with E-state index in [1.807, 2.05) is 30.5 Å². The van der Waals surface area contributed by atoms with Crippen molar-refractivity contribution in [3.63, 3.8) is 0 Å². The van der Waals surface area contributed by atoms with E-state index in [0.717, 1.165) is 30.9 Å². The molecule has 0 saturated carbocycles. The molecule has 2 aromatic rings. The third-order valence-electron chi connectivity index (χ3n) is 5.06. The Morgan fingerprint density at radius 1 is 1.12 bits per heavy atom. The number of methoxy groups -OCH3 is 2. The zero-order valence-corrected chi connectivity index (χ0v) is 15.2. The van der Waals surface area contributed by atoms with Gasteiger partial charge in [-0.15, -0.1) is 0 Å². The molecule has 0 atom stereocenters. The summed E-state index contributed by atoms with van der Waals surface area (Å²) in [7, 11) is 3.25. The number of hydrogen-bond acceptors (Lipinski definition) is 5. The van der Waals surface area contributed by atoms with Crippen molar-refractivity contribution >= 4 is 0 Å². The minimum atomic E-state index is -0.850. The largest absolute Gasteiger partial charge is 0.497 e. The Morgan fingerprint density at radius 2 is 1.76 bits per heavy atom. The zero-order chi connectivity index (χ0) is 17.9. The van der Waals surface area contributed by atoms with Crippen LogP contribution in [-0.2, 0) is 12.1 Å². The molecule has 0 bridgehead atoms. The van der Waals surface area contributed by atoms with Gasteiger partial charge >= 0.3 is 0 Å². The second-order valence-electron chi connectivity index (χ2n) is 6.68. The minimum Gasteiger partial charge on any atom is -0.497 e. The van der Waals surface area contributed by atoms with Crippen LogP contribution in [0.3, 0.4) is 0 Å². The SMILES string of the molecule is COc1cc(OC)cc(C2(O)CCN(Cc3ncccc3C)CC2)c1. The lowest BCUT2D eigenvalue weighted by Gasteiger charge is -2.38. The summed E-state index contributed by atoms with van der Waals surface area (Å²) in [6.07, 6.45) is 3.19. The zero-order valence-electron chi connectivity index (χ0n) is 15.2. The average molecular weight is 342 g/mol. The molecule has 3 rings (SSSR count). The third kappa shape index (κ3) is 3.94. The number of piperidine rings is 1. The Kier molecular flexibility index (Phi) is 5.25. The van der Waals surface area contributed by atoms with Crippen molar-refractivity contribution in [3.05, 3.63) is 53.3 Å². The van der Waals surface area contributed by atoms with Gasteiger partial charge in [-0.25, -0.2) is 0 Å². The van der Waals surface area contributed by atoms with Crippen LogP contribution < -0.4 is 9.47 Å². The van der Waals surface area contributed by atoms with Crippen LogP contribution in [0.15, 0.2) is 36.5 Å².